The van der Waals surface area contributed by atoms with Crippen LogP contribution in [0.5, 0.6) is 0 Å². The van der Waals surface area contributed by atoms with Crippen molar-refractivity contribution in [1.29, 1.82) is 0 Å². The van der Waals surface area contributed by atoms with Gasteiger partial charge in [0.25, 0.3) is 0 Å². The Labute approximate surface area is 72.4 Å². The van der Waals surface area contributed by atoms with Gasteiger partial charge in [0.05, 0.1) is 6.20 Å². The molecule has 5 nitrogen and oxygen atoms in total. The van der Waals surface area contributed by atoms with E-state index < -0.39 is 0 Å². The molecule has 13 heavy (non-hydrogen) atoms. The molecule has 0 spiro atoms. The molecule has 3 heterocycles. The maximum atomic E-state index is 5.38. The fourth-order valence-electron chi connectivity index (χ4n) is 1.23. The lowest BCUT2D eigenvalue weighted by Crippen LogP contribution is -1.80. The summed E-state index contributed by atoms with van der Waals surface area (Å²) in [6.45, 7) is 0. The molecule has 0 atom stereocenters. The van der Waals surface area contributed by atoms with Crippen LogP contribution in [-0.2, 0) is 0 Å². The van der Waals surface area contributed by atoms with Crippen molar-refractivity contribution in [2.75, 3.05) is 0 Å². The number of hydrogen-bond acceptors (Lipinski definition) is 5. The van der Waals surface area contributed by atoms with Gasteiger partial charge in [-0.2, -0.15) is 5.10 Å². The van der Waals surface area contributed by atoms with Gasteiger partial charge in [-0.1, -0.05) is 0 Å². The molecule has 0 radical (unpaired) electrons. The highest BCUT2D eigenvalue weighted by atomic mass is 16.3. The molecular formula is C8H4N4O. The topological polar surface area (TPSA) is 64.7 Å². The Morgan fingerprint density at radius 2 is 1.92 bits per heavy atom. The van der Waals surface area contributed by atoms with Crippen LogP contribution in [0.4, 0.5) is 0 Å². The van der Waals surface area contributed by atoms with Crippen molar-refractivity contribution in [2.24, 2.45) is 0 Å². The molecule has 3 rings (SSSR count). The first-order valence-electron chi connectivity index (χ1n) is 3.76. The van der Waals surface area contributed by atoms with Gasteiger partial charge >= 0.3 is 0 Å². The van der Waals surface area contributed by atoms with Crippen molar-refractivity contribution in [3.63, 3.8) is 0 Å². The van der Waals surface area contributed by atoms with E-state index in [4.69, 9.17) is 4.42 Å². The van der Waals surface area contributed by atoms with Gasteiger partial charge in [0, 0.05) is 18.5 Å². The summed E-state index contributed by atoms with van der Waals surface area (Å²) in [5, 5.41) is 7.68. The molecule has 0 aromatic carbocycles. The maximum Gasteiger partial charge on any atom is 0.248 e. The zero-order valence-electron chi connectivity index (χ0n) is 6.51. The average molecular weight is 172 g/mol. The molecule has 0 saturated carbocycles. The number of aromatic nitrogens is 4. The molecule has 0 aliphatic heterocycles. The zero-order chi connectivity index (χ0) is 8.67. The highest BCUT2D eigenvalue weighted by molar-refractivity contribution is 5.97. The number of fused-ring (bicyclic) bond motifs is 3. The Kier molecular flexibility index (Phi) is 1.11. The van der Waals surface area contributed by atoms with Gasteiger partial charge < -0.3 is 4.42 Å². The SMILES string of the molecule is c1cc2oc3nccnc3c2nn1. The van der Waals surface area contributed by atoms with Gasteiger partial charge in [0.1, 0.15) is 0 Å². The van der Waals surface area contributed by atoms with Crippen molar-refractivity contribution in [1.82, 2.24) is 20.2 Å². The molecule has 3 aromatic rings. The van der Waals surface area contributed by atoms with E-state index in [0.29, 0.717) is 22.3 Å². The first-order valence-corrected chi connectivity index (χ1v) is 3.76. The van der Waals surface area contributed by atoms with Crippen LogP contribution in [0.25, 0.3) is 22.3 Å². The van der Waals surface area contributed by atoms with Gasteiger partial charge in [-0.15, -0.1) is 5.10 Å². The summed E-state index contributed by atoms with van der Waals surface area (Å²) < 4.78 is 5.38. The van der Waals surface area contributed by atoms with Crippen molar-refractivity contribution in [3.05, 3.63) is 24.7 Å². The number of furan rings is 1. The average Bonchev–Trinajstić information content (AvgIpc) is 2.56. The van der Waals surface area contributed by atoms with Crippen LogP contribution in [0.2, 0.25) is 0 Å². The van der Waals surface area contributed by atoms with E-state index in [-0.39, 0.29) is 0 Å². The maximum absolute atomic E-state index is 5.38. The van der Waals surface area contributed by atoms with Gasteiger partial charge in [0.15, 0.2) is 16.6 Å². The minimum absolute atomic E-state index is 0.498. The van der Waals surface area contributed by atoms with Crippen molar-refractivity contribution in [3.8, 4) is 0 Å². The third-order valence-electron chi connectivity index (χ3n) is 1.78. The van der Waals surface area contributed by atoms with Gasteiger partial charge in [0.2, 0.25) is 5.71 Å². The van der Waals surface area contributed by atoms with E-state index in [1.165, 1.54) is 0 Å². The van der Waals surface area contributed by atoms with Crippen LogP contribution in [-0.4, -0.2) is 20.2 Å². The summed E-state index contributed by atoms with van der Waals surface area (Å²) in [6.07, 6.45) is 4.76. The Hall–Kier alpha value is -2.04. The molecule has 0 fully saturated rings. The lowest BCUT2D eigenvalue weighted by Gasteiger charge is -1.82. The highest BCUT2D eigenvalue weighted by Gasteiger charge is 2.08. The normalized spacial score (nSPS) is 11.1. The van der Waals surface area contributed by atoms with Crippen LogP contribution in [0.3, 0.4) is 0 Å². The van der Waals surface area contributed by atoms with E-state index >= 15 is 0 Å². The van der Waals surface area contributed by atoms with E-state index in [2.05, 4.69) is 20.2 Å². The third kappa shape index (κ3) is 0.807. The van der Waals surface area contributed by atoms with E-state index in [9.17, 15) is 0 Å². The van der Waals surface area contributed by atoms with Crippen molar-refractivity contribution >= 4 is 22.3 Å². The standard InChI is InChI=1S/C8H4N4O/c1-2-11-12-6-5(1)13-8-7(6)9-3-4-10-8/h1-4H. The quantitative estimate of drug-likeness (QED) is 0.509. The largest absolute Gasteiger partial charge is 0.434 e. The first kappa shape index (κ1) is 6.47. The number of nitrogens with zero attached hydrogens (tertiary/aromatic N) is 4. The highest BCUT2D eigenvalue weighted by Crippen LogP contribution is 2.21. The second-order valence-electron chi connectivity index (χ2n) is 2.56. The lowest BCUT2D eigenvalue weighted by molar-refractivity contribution is 0.651. The zero-order valence-corrected chi connectivity index (χ0v) is 6.51. The number of rotatable bonds is 0. The Balaban J connectivity index is 2.64. The van der Waals surface area contributed by atoms with Crippen LogP contribution in [0, 0.1) is 0 Å². The molecule has 0 unspecified atom stereocenters. The van der Waals surface area contributed by atoms with Gasteiger partial charge in [-0.25, -0.2) is 9.97 Å². The fraction of sp³-hybridized carbons (Fsp3) is 0. The number of hydrogen-bond donors (Lipinski definition) is 0. The predicted molar refractivity (Wildman–Crippen MR) is 44.9 cm³/mol. The summed E-state index contributed by atoms with van der Waals surface area (Å²) in [5.41, 5.74) is 2.48. The molecular weight excluding hydrogens is 168 g/mol. The van der Waals surface area contributed by atoms with Gasteiger partial charge in [-0.05, 0) is 0 Å². The second-order valence-corrected chi connectivity index (χ2v) is 2.56. The van der Waals surface area contributed by atoms with Gasteiger partial charge in [-0.3, -0.25) is 0 Å². The monoisotopic (exact) mass is 172 g/mol. The minimum Gasteiger partial charge on any atom is -0.434 e. The lowest BCUT2D eigenvalue weighted by atomic mass is 10.4. The van der Waals surface area contributed by atoms with Crippen LogP contribution < -0.4 is 0 Å². The molecule has 0 aliphatic carbocycles. The van der Waals surface area contributed by atoms with Crippen LogP contribution >= 0.6 is 0 Å². The van der Waals surface area contributed by atoms with E-state index in [1.54, 1.807) is 24.7 Å². The third-order valence-corrected chi connectivity index (χ3v) is 1.78. The smallest absolute Gasteiger partial charge is 0.248 e. The molecule has 0 aliphatic rings. The van der Waals surface area contributed by atoms with Crippen LogP contribution in [0.1, 0.15) is 0 Å². The first-order chi connectivity index (χ1) is 6.45. The van der Waals surface area contributed by atoms with E-state index in [1.807, 2.05) is 0 Å². The summed E-state index contributed by atoms with van der Waals surface area (Å²) in [6, 6.07) is 1.74. The summed E-state index contributed by atoms with van der Waals surface area (Å²) in [4.78, 5) is 8.13. The molecule has 0 bridgehead atoms. The molecule has 5 heteroatoms. The molecule has 0 amide bonds. The predicted octanol–water partition coefficient (Wildman–Crippen LogP) is 1.17. The molecule has 62 valence electrons. The summed E-state index contributed by atoms with van der Waals surface area (Å²) >= 11 is 0. The molecule has 3 aromatic heterocycles. The Morgan fingerprint density at radius 3 is 2.92 bits per heavy atom. The fourth-order valence-corrected chi connectivity index (χ4v) is 1.23. The van der Waals surface area contributed by atoms with Crippen LogP contribution in [0.15, 0.2) is 29.1 Å². The van der Waals surface area contributed by atoms with Crippen molar-refractivity contribution in [2.45, 2.75) is 0 Å². The molecule has 0 N–H and O–H groups in total. The van der Waals surface area contributed by atoms with Crippen molar-refractivity contribution < 1.29 is 4.42 Å². The molecule has 0 saturated heterocycles. The Morgan fingerprint density at radius 1 is 1.00 bits per heavy atom. The minimum atomic E-state index is 0.498. The summed E-state index contributed by atoms with van der Waals surface area (Å²) in [5.74, 6) is 0. The Bertz CT molecular complexity index is 524. The summed E-state index contributed by atoms with van der Waals surface area (Å²) in [7, 11) is 0. The van der Waals surface area contributed by atoms with E-state index in [0.717, 1.165) is 0 Å². The second kappa shape index (κ2) is 2.22.